The van der Waals surface area contributed by atoms with Crippen molar-refractivity contribution in [2.75, 3.05) is 0 Å². The predicted octanol–water partition coefficient (Wildman–Crippen LogP) is 2.87. The maximum absolute atomic E-state index is 9.06. The van der Waals surface area contributed by atoms with E-state index in [-0.39, 0.29) is 6.04 Å². The van der Waals surface area contributed by atoms with Crippen molar-refractivity contribution in [3.05, 3.63) is 41.2 Å². The van der Waals surface area contributed by atoms with Crippen molar-refractivity contribution in [3.8, 4) is 11.8 Å². The summed E-state index contributed by atoms with van der Waals surface area (Å²) in [6.45, 7) is 6.40. The van der Waals surface area contributed by atoms with Crippen LogP contribution >= 0.6 is 0 Å². The lowest BCUT2D eigenvalue weighted by Crippen LogP contribution is -2.10. The number of aryl methyl sites for hydroxylation is 1. The van der Waals surface area contributed by atoms with Crippen LogP contribution in [0.2, 0.25) is 0 Å². The fraction of sp³-hybridized carbons (Fsp3) is 0.400. The minimum atomic E-state index is 0.144. The molecule has 1 aromatic carbocycles. The molecule has 0 unspecified atom stereocenters. The highest BCUT2D eigenvalue weighted by molar-refractivity contribution is 5.29. The summed E-state index contributed by atoms with van der Waals surface area (Å²) >= 11 is 0. The molecule has 20 heavy (non-hydrogen) atoms. The van der Waals surface area contributed by atoms with Crippen LogP contribution in [0.3, 0.4) is 0 Å². The first kappa shape index (κ1) is 14.1. The summed E-state index contributed by atoms with van der Waals surface area (Å²) in [7, 11) is 0. The van der Waals surface area contributed by atoms with Crippen LogP contribution in [-0.2, 0) is 13.0 Å². The SMILES string of the molecule is CCc1ccc(OCc2c(C#N)nnn2C(C)C)cc1. The van der Waals surface area contributed by atoms with Crippen LogP contribution in [0.4, 0.5) is 0 Å². The first-order chi connectivity index (χ1) is 9.65. The average Bonchev–Trinajstić information content (AvgIpc) is 2.88. The Balaban J connectivity index is 2.13. The minimum absolute atomic E-state index is 0.144. The van der Waals surface area contributed by atoms with E-state index in [1.165, 1.54) is 5.56 Å². The van der Waals surface area contributed by atoms with Crippen molar-refractivity contribution in [3.63, 3.8) is 0 Å². The van der Waals surface area contributed by atoms with Gasteiger partial charge in [-0.1, -0.05) is 24.3 Å². The third-order valence-electron chi connectivity index (χ3n) is 3.09. The molecule has 0 aliphatic heterocycles. The fourth-order valence-electron chi connectivity index (χ4n) is 1.92. The molecule has 1 aromatic heterocycles. The van der Waals surface area contributed by atoms with E-state index < -0.39 is 0 Å². The molecule has 0 atom stereocenters. The van der Waals surface area contributed by atoms with Gasteiger partial charge in [0, 0.05) is 6.04 Å². The molecule has 0 saturated carbocycles. The van der Waals surface area contributed by atoms with E-state index >= 15 is 0 Å². The number of rotatable bonds is 5. The number of hydrogen-bond acceptors (Lipinski definition) is 4. The summed E-state index contributed by atoms with van der Waals surface area (Å²) in [4.78, 5) is 0. The lowest BCUT2D eigenvalue weighted by Gasteiger charge is -2.11. The van der Waals surface area contributed by atoms with Gasteiger partial charge in [-0.3, -0.25) is 0 Å². The summed E-state index contributed by atoms with van der Waals surface area (Å²) in [6.07, 6.45) is 1.00. The van der Waals surface area contributed by atoms with Crippen LogP contribution in [-0.4, -0.2) is 15.0 Å². The van der Waals surface area contributed by atoms with E-state index in [2.05, 4.69) is 23.3 Å². The third kappa shape index (κ3) is 2.97. The van der Waals surface area contributed by atoms with E-state index in [0.29, 0.717) is 18.0 Å². The molecule has 104 valence electrons. The molecule has 0 amide bonds. The molecule has 0 spiro atoms. The van der Waals surface area contributed by atoms with Gasteiger partial charge < -0.3 is 4.74 Å². The van der Waals surface area contributed by atoms with Crippen LogP contribution in [0, 0.1) is 11.3 Å². The summed E-state index contributed by atoms with van der Waals surface area (Å²) in [5, 5.41) is 16.9. The Kier molecular flexibility index (Phi) is 4.36. The molecule has 0 fully saturated rings. The van der Waals surface area contributed by atoms with Gasteiger partial charge in [-0.2, -0.15) is 5.26 Å². The summed E-state index contributed by atoms with van der Waals surface area (Å²) < 4.78 is 7.45. The molecule has 0 N–H and O–H groups in total. The van der Waals surface area contributed by atoms with Gasteiger partial charge in [0.25, 0.3) is 0 Å². The fourth-order valence-corrected chi connectivity index (χ4v) is 1.92. The second kappa shape index (κ2) is 6.20. The topological polar surface area (TPSA) is 63.7 Å². The molecule has 1 heterocycles. The number of benzene rings is 1. The summed E-state index contributed by atoms with van der Waals surface area (Å²) in [5.74, 6) is 0.780. The minimum Gasteiger partial charge on any atom is -0.487 e. The van der Waals surface area contributed by atoms with Crippen LogP contribution < -0.4 is 4.74 Å². The maximum Gasteiger partial charge on any atom is 0.189 e. The molecule has 5 nitrogen and oxygen atoms in total. The van der Waals surface area contributed by atoms with Crippen molar-refractivity contribution in [2.24, 2.45) is 0 Å². The van der Waals surface area contributed by atoms with E-state index in [0.717, 1.165) is 12.2 Å². The number of nitriles is 1. The second-order valence-electron chi connectivity index (χ2n) is 4.82. The van der Waals surface area contributed by atoms with Crippen LogP contribution in [0.5, 0.6) is 5.75 Å². The van der Waals surface area contributed by atoms with Crippen molar-refractivity contribution >= 4 is 0 Å². The van der Waals surface area contributed by atoms with Crippen molar-refractivity contribution in [2.45, 2.75) is 39.8 Å². The van der Waals surface area contributed by atoms with Crippen molar-refractivity contribution < 1.29 is 4.74 Å². The van der Waals surface area contributed by atoms with Gasteiger partial charge in [0.2, 0.25) is 0 Å². The Morgan fingerprint density at radius 1 is 1.30 bits per heavy atom. The molecule has 5 heteroatoms. The van der Waals surface area contributed by atoms with Gasteiger partial charge in [0.05, 0.1) is 0 Å². The second-order valence-corrected chi connectivity index (χ2v) is 4.82. The lowest BCUT2D eigenvalue weighted by molar-refractivity contribution is 0.287. The highest BCUT2D eigenvalue weighted by atomic mass is 16.5. The monoisotopic (exact) mass is 270 g/mol. The standard InChI is InChI=1S/C15H18N4O/c1-4-12-5-7-13(8-6-12)20-10-15-14(9-16)17-18-19(15)11(2)3/h5-8,11H,4,10H2,1-3H3. The molecule has 0 aliphatic rings. The molecular weight excluding hydrogens is 252 g/mol. The Hall–Kier alpha value is -2.35. The van der Waals surface area contributed by atoms with Crippen LogP contribution in [0.1, 0.15) is 43.8 Å². The van der Waals surface area contributed by atoms with E-state index in [1.54, 1.807) is 4.68 Å². The summed E-state index contributed by atoms with van der Waals surface area (Å²) in [6, 6.07) is 10.2. The van der Waals surface area contributed by atoms with Gasteiger partial charge in [-0.25, -0.2) is 4.68 Å². The molecular formula is C15H18N4O. The van der Waals surface area contributed by atoms with E-state index in [9.17, 15) is 0 Å². The normalized spacial score (nSPS) is 10.6. The Morgan fingerprint density at radius 2 is 2.00 bits per heavy atom. The Labute approximate surface area is 118 Å². The van der Waals surface area contributed by atoms with Gasteiger partial charge >= 0.3 is 0 Å². The van der Waals surface area contributed by atoms with Crippen molar-refractivity contribution in [1.29, 1.82) is 5.26 Å². The largest absolute Gasteiger partial charge is 0.487 e. The maximum atomic E-state index is 9.06. The zero-order chi connectivity index (χ0) is 14.5. The zero-order valence-electron chi connectivity index (χ0n) is 12.0. The number of aromatic nitrogens is 3. The zero-order valence-corrected chi connectivity index (χ0v) is 12.0. The number of ether oxygens (including phenoxy) is 1. The van der Waals surface area contributed by atoms with Crippen LogP contribution in [0.15, 0.2) is 24.3 Å². The number of hydrogen-bond donors (Lipinski definition) is 0. The molecule has 0 radical (unpaired) electrons. The highest BCUT2D eigenvalue weighted by Gasteiger charge is 2.15. The first-order valence-electron chi connectivity index (χ1n) is 6.71. The van der Waals surface area contributed by atoms with Gasteiger partial charge in [-0.15, -0.1) is 5.10 Å². The number of nitrogens with zero attached hydrogens (tertiary/aromatic N) is 4. The predicted molar refractivity (Wildman–Crippen MR) is 75.3 cm³/mol. The Morgan fingerprint density at radius 3 is 2.55 bits per heavy atom. The molecule has 0 bridgehead atoms. The van der Waals surface area contributed by atoms with E-state index in [4.69, 9.17) is 10.00 Å². The molecule has 2 aromatic rings. The van der Waals surface area contributed by atoms with Gasteiger partial charge in [0.15, 0.2) is 5.69 Å². The van der Waals surface area contributed by atoms with Crippen molar-refractivity contribution in [1.82, 2.24) is 15.0 Å². The van der Waals surface area contributed by atoms with Gasteiger partial charge in [0.1, 0.15) is 24.1 Å². The quantitative estimate of drug-likeness (QED) is 0.838. The van der Waals surface area contributed by atoms with Crippen LogP contribution in [0.25, 0.3) is 0 Å². The highest BCUT2D eigenvalue weighted by Crippen LogP contribution is 2.17. The summed E-state index contributed by atoms with van der Waals surface area (Å²) in [5.41, 5.74) is 2.30. The lowest BCUT2D eigenvalue weighted by atomic mass is 10.2. The first-order valence-corrected chi connectivity index (χ1v) is 6.71. The Bertz CT molecular complexity index is 608. The molecule has 0 aliphatic carbocycles. The average molecular weight is 270 g/mol. The molecule has 2 rings (SSSR count). The molecule has 0 saturated heterocycles. The van der Waals surface area contributed by atoms with Gasteiger partial charge in [-0.05, 0) is 38.0 Å². The third-order valence-corrected chi connectivity index (χ3v) is 3.09. The smallest absolute Gasteiger partial charge is 0.189 e. The van der Waals surface area contributed by atoms with E-state index in [1.807, 2.05) is 38.1 Å².